The van der Waals surface area contributed by atoms with Gasteiger partial charge in [-0.1, -0.05) is 0 Å². The summed E-state index contributed by atoms with van der Waals surface area (Å²) in [5.41, 5.74) is 8.56. The Labute approximate surface area is 677 Å². The van der Waals surface area contributed by atoms with Crippen LogP contribution in [0, 0.1) is 39.8 Å². The van der Waals surface area contributed by atoms with Gasteiger partial charge in [-0.05, 0) is 106 Å². The first-order valence-electron chi connectivity index (χ1n) is 38.1. The molecule has 0 spiro atoms. The number of rotatable bonds is 18. The maximum Gasteiger partial charge on any atom is 0.328 e. The number of hydrogen-bond acceptors (Lipinski definition) is 27. The number of hydrogen-bond donors (Lipinski definition) is 3. The molecule has 610 valence electrons. The molecule has 6 aromatic heterocycles. The molecule has 14 heterocycles. The van der Waals surface area contributed by atoms with E-state index in [0.29, 0.717) is 149 Å². The fourth-order valence-electron chi connectivity index (χ4n) is 14.9. The number of nitrogens with one attached hydrogen (secondary N) is 3. The van der Waals surface area contributed by atoms with Gasteiger partial charge in [0.15, 0.2) is 0 Å². The van der Waals surface area contributed by atoms with Gasteiger partial charge in [-0.25, -0.2) is 43.7 Å². The lowest BCUT2D eigenvalue weighted by Crippen LogP contribution is -2.48. The van der Waals surface area contributed by atoms with Gasteiger partial charge in [-0.2, -0.15) is 44.3 Å². The third kappa shape index (κ3) is 20.2. The Morgan fingerprint density at radius 2 is 0.809 bits per heavy atom. The Bertz CT molecular complexity index is 4710. The number of pyridine rings is 6. The van der Waals surface area contributed by atoms with Gasteiger partial charge in [0.25, 0.3) is 0 Å². The number of methoxy groups -OCH3 is 5. The lowest BCUT2D eigenvalue weighted by atomic mass is 10.0. The van der Waals surface area contributed by atoms with Crippen LogP contribution in [0.15, 0.2) is 55.0 Å². The Kier molecular flexibility index (Phi) is 28.5. The summed E-state index contributed by atoms with van der Waals surface area (Å²) >= 11 is 3.78. The number of thioether (sulfide) groups is 2. The van der Waals surface area contributed by atoms with Crippen molar-refractivity contribution < 1.29 is 58.3 Å². The molecule has 8 aliphatic rings. The van der Waals surface area contributed by atoms with Crippen LogP contribution >= 0.6 is 23.5 Å². The number of piperazine rings is 3. The fraction of sp³-hybridized carbons (Fsp3) is 0.500. The molecule has 5 saturated heterocycles. The third-order valence-electron chi connectivity index (χ3n) is 21.0. The average molecular weight is 1620 g/mol. The van der Waals surface area contributed by atoms with Gasteiger partial charge in [0.1, 0.15) is 75.9 Å². The molecule has 0 radical (unpaired) electrons. The number of carbonyl (C=O) groups is 6. The fourth-order valence-corrected chi connectivity index (χ4v) is 16.7. The number of anilines is 8. The molecule has 9 amide bonds. The van der Waals surface area contributed by atoms with E-state index in [1.54, 1.807) is 54.2 Å². The van der Waals surface area contributed by atoms with Gasteiger partial charge in [0, 0.05) is 186 Å². The minimum Gasteiger partial charge on any atom is -1.00 e. The lowest BCUT2D eigenvalue weighted by molar-refractivity contribution is -0.137. The van der Waals surface area contributed by atoms with Crippen molar-refractivity contribution in [1.29, 1.82) is 15.8 Å². The summed E-state index contributed by atoms with van der Waals surface area (Å²) in [6, 6.07) is 15.5. The topological polar surface area (TPSA) is 369 Å². The molecule has 0 unspecified atom stereocenters. The molecule has 0 aliphatic carbocycles. The van der Waals surface area contributed by atoms with Crippen LogP contribution < -0.4 is 45.2 Å². The van der Waals surface area contributed by atoms with Crippen LogP contribution in [0.1, 0.15) is 94.7 Å². The highest BCUT2D eigenvalue weighted by molar-refractivity contribution is 7.99. The van der Waals surface area contributed by atoms with Gasteiger partial charge in [0.05, 0.1) is 62.0 Å². The maximum atomic E-state index is 14.0. The molecule has 0 saturated carbocycles. The van der Waals surface area contributed by atoms with Crippen LogP contribution in [0.3, 0.4) is 0 Å². The Balaban J connectivity index is 0.000000171. The van der Waals surface area contributed by atoms with Crippen LogP contribution in [0.5, 0.6) is 5.88 Å². The molecule has 0 aromatic carbocycles. The molecule has 6 aromatic rings. The summed E-state index contributed by atoms with van der Waals surface area (Å²) in [6.07, 6.45) is 7.04. The summed E-state index contributed by atoms with van der Waals surface area (Å²) in [5, 5.41) is 36.5. The predicted octanol–water partition coefficient (Wildman–Crippen LogP) is 6.77. The van der Waals surface area contributed by atoms with Crippen LogP contribution in [0.2, 0.25) is 0 Å². The predicted molar refractivity (Wildman–Crippen MR) is 433 cm³/mol. The summed E-state index contributed by atoms with van der Waals surface area (Å²) in [6.45, 7) is 11.3. The number of likely N-dealkylation sites (N-methyl/N-ethyl adjacent to an activating group) is 3. The Morgan fingerprint density at radius 3 is 1.15 bits per heavy atom. The maximum absolute atomic E-state index is 14.0. The van der Waals surface area contributed by atoms with Gasteiger partial charge >= 0.3 is 18.1 Å². The number of aromatic nitrogens is 6. The molecular formula is C78H97FN23O11S2-. The molecule has 37 heteroatoms. The minimum atomic E-state index is -0.797. The van der Waals surface area contributed by atoms with Gasteiger partial charge < -0.3 is 49.6 Å². The van der Waals surface area contributed by atoms with Crippen molar-refractivity contribution >= 4 is 106 Å². The molecule has 34 nitrogen and oxygen atoms in total. The highest BCUT2D eigenvalue weighted by Crippen LogP contribution is 2.38. The average Bonchev–Trinajstić information content (AvgIpc) is 0.786. The van der Waals surface area contributed by atoms with Crippen molar-refractivity contribution in [2.75, 3.05) is 225 Å². The lowest BCUT2D eigenvalue weighted by Gasteiger charge is -2.34. The molecule has 0 bridgehead atoms. The SMILES string of the molecule is COC(OC)c1nc2c(cc1CN1CCN(C)CC1=O)CCCN2C(=O)Nc1cc(F)c(C#N)cn1.COC(OC)c1nc2c(cc1CN1CCN(C)CC1=O)CCCN2C(=O)Nc1cc(N2CCSCC2)c(C#N)cn1.COc1nc2c(cc1CN1CCN(C)CC1=O)CCCN2C(=O)Nc1cc(N2CCSCC2)c(C#N)cn1.[2H-]. The Morgan fingerprint density at radius 1 is 0.470 bits per heavy atom. The van der Waals surface area contributed by atoms with Crippen molar-refractivity contribution in [1.82, 2.24) is 59.3 Å². The second-order valence-corrected chi connectivity index (χ2v) is 31.2. The first-order valence-corrected chi connectivity index (χ1v) is 40.4. The number of aryl methyl sites for hydroxylation is 3. The Hall–Kier alpha value is -10.7. The largest absolute Gasteiger partial charge is 1.00 e. The van der Waals surface area contributed by atoms with Crippen molar-refractivity contribution in [2.24, 2.45) is 0 Å². The van der Waals surface area contributed by atoms with Gasteiger partial charge in [-0.3, -0.25) is 59.7 Å². The van der Waals surface area contributed by atoms with E-state index in [1.165, 1.54) is 31.5 Å². The summed E-state index contributed by atoms with van der Waals surface area (Å²) in [4.78, 5) is 125. The first kappa shape index (κ1) is 83.8. The van der Waals surface area contributed by atoms with E-state index < -0.39 is 24.4 Å². The third-order valence-corrected chi connectivity index (χ3v) is 22.9. The molecule has 5 fully saturated rings. The zero-order valence-electron chi connectivity index (χ0n) is 67.0. The standard InChI is InChI=1S/C28H36N8O4S.C26H32N8O3S.C24H28FN7O4.H/c1-33-7-8-35(24(37)18-33)17-20-13-19-5-4-6-36(26(19)32-25(20)27(39-2)40-3)28(38)31-23-14-22(21(15-29)16-30-23)34-9-11-41-12-10-34;1-31-6-7-33(23(35)17-31)16-19-12-18-4-3-5-34(24(18)30-25(19)37-2)26(36)29-22-13-21(20(14-27)15-28-22)32-8-10-38-11-9-32;1-30-7-8-31(20(33)14-30)13-16-9-15-5-4-6-32(22(15)29-21(16)23(35-2)36-3)24(34)28-19-10-18(25)17(11-26)12-27-19;/h13-14,16,27H,4-12,17-18H2,1-3H3,(H,30,31,38);12-13,15H,3-11,16-17H2,1-2H3,(H,28,29,36);9-10,12,23H,4-8,13-14H2,1-3H3,(H,27,28,34);/q;;;-1/i;;;1+1. The summed E-state index contributed by atoms with van der Waals surface area (Å²) < 4.78 is 41.7. The number of nitrogens with zero attached hydrogens (tertiary/aromatic N) is 20. The zero-order valence-corrected chi connectivity index (χ0v) is 67.6. The van der Waals surface area contributed by atoms with Gasteiger partial charge in [0.2, 0.25) is 36.2 Å². The number of fused-ring (bicyclic) bond motifs is 3. The monoisotopic (exact) mass is 1620 g/mol. The van der Waals surface area contributed by atoms with E-state index in [0.717, 1.165) is 152 Å². The van der Waals surface area contributed by atoms with Crippen molar-refractivity contribution in [3.8, 4) is 24.1 Å². The zero-order chi connectivity index (χ0) is 81.4. The summed E-state index contributed by atoms with van der Waals surface area (Å²) in [7, 11) is 13.4. The van der Waals surface area contributed by atoms with Crippen LogP contribution in [0.4, 0.5) is 65.1 Å². The highest BCUT2D eigenvalue weighted by atomic mass is 32.2. The molecule has 8 aliphatic heterocycles. The molecule has 0 atom stereocenters. The molecule has 14 rings (SSSR count). The number of carbonyl (C=O) groups excluding carboxylic acids is 6. The number of amides is 9. The van der Waals surface area contributed by atoms with Crippen molar-refractivity contribution in [3.05, 3.63) is 122 Å². The second-order valence-electron chi connectivity index (χ2n) is 28.7. The first-order chi connectivity index (χ1) is 55.7. The van der Waals surface area contributed by atoms with Crippen LogP contribution in [-0.2, 0) is 72.2 Å². The second kappa shape index (κ2) is 39.1. The molecular weight excluding hydrogens is 1520 g/mol. The highest BCUT2D eigenvalue weighted by Gasteiger charge is 2.36. The van der Waals surface area contributed by atoms with Crippen LogP contribution in [-0.4, -0.2) is 280 Å². The van der Waals surface area contributed by atoms with E-state index in [-0.39, 0.29) is 42.6 Å². The van der Waals surface area contributed by atoms with Gasteiger partial charge in [-0.15, -0.1) is 0 Å². The van der Waals surface area contributed by atoms with E-state index in [4.69, 9.17) is 43.9 Å². The smallest absolute Gasteiger partial charge is 0.328 e. The van der Waals surface area contributed by atoms with E-state index in [9.17, 15) is 43.7 Å². The van der Waals surface area contributed by atoms with E-state index >= 15 is 0 Å². The number of ether oxygens (including phenoxy) is 5. The quantitative estimate of drug-likeness (QED) is 0.0747. The number of nitriles is 3. The molecule has 115 heavy (non-hydrogen) atoms. The normalized spacial score (nSPS) is 17.4. The number of halogens is 1. The minimum absolute atomic E-state index is 0. The van der Waals surface area contributed by atoms with Crippen molar-refractivity contribution in [2.45, 2.75) is 70.7 Å². The summed E-state index contributed by atoms with van der Waals surface area (Å²) in [5.74, 6) is 6.09. The van der Waals surface area contributed by atoms with E-state index in [1.807, 2.05) is 87.4 Å². The number of urea groups is 3. The van der Waals surface area contributed by atoms with Crippen molar-refractivity contribution in [3.63, 3.8) is 0 Å². The van der Waals surface area contributed by atoms with E-state index in [2.05, 4.69) is 52.8 Å². The van der Waals surface area contributed by atoms with Crippen LogP contribution in [0.25, 0.3) is 0 Å². The molecule has 3 N–H and O–H groups in total.